The summed E-state index contributed by atoms with van der Waals surface area (Å²) in [5.74, 6) is 0.282. The lowest BCUT2D eigenvalue weighted by Crippen LogP contribution is -2.64. The van der Waals surface area contributed by atoms with Crippen molar-refractivity contribution in [3.63, 3.8) is 0 Å². The first kappa shape index (κ1) is 8.57. The summed E-state index contributed by atoms with van der Waals surface area (Å²) in [4.78, 5) is 13.4. The summed E-state index contributed by atoms with van der Waals surface area (Å²) < 4.78 is 0. The van der Waals surface area contributed by atoms with Crippen LogP contribution in [0, 0.1) is 5.41 Å². The minimum Gasteiger partial charge on any atom is -0.336 e. The standard InChI is InChI=1S/C9H17NO/c1-8(2,3)10-6-9(4,5)7(10)11/h6H2,1-5H3. The van der Waals surface area contributed by atoms with Crippen molar-refractivity contribution >= 4 is 5.91 Å². The Kier molecular flexibility index (Phi) is 1.55. The third-order valence-electron chi connectivity index (χ3n) is 2.19. The molecule has 2 nitrogen and oxygen atoms in total. The van der Waals surface area contributed by atoms with Gasteiger partial charge in [0.15, 0.2) is 0 Å². The Morgan fingerprint density at radius 1 is 1.36 bits per heavy atom. The van der Waals surface area contributed by atoms with Gasteiger partial charge in [-0.3, -0.25) is 4.79 Å². The van der Waals surface area contributed by atoms with E-state index >= 15 is 0 Å². The van der Waals surface area contributed by atoms with Crippen LogP contribution in [0.5, 0.6) is 0 Å². The van der Waals surface area contributed by atoms with Gasteiger partial charge in [-0.15, -0.1) is 0 Å². The van der Waals surface area contributed by atoms with Crippen molar-refractivity contribution in [1.82, 2.24) is 4.90 Å². The predicted octanol–water partition coefficient (Wildman–Crippen LogP) is 1.65. The molecule has 0 unspecified atom stereocenters. The van der Waals surface area contributed by atoms with Crippen LogP contribution in [0.1, 0.15) is 34.6 Å². The summed E-state index contributed by atoms with van der Waals surface area (Å²) in [6.07, 6.45) is 0. The molecule has 1 aliphatic rings. The summed E-state index contributed by atoms with van der Waals surface area (Å²) >= 11 is 0. The first-order chi connectivity index (χ1) is 4.75. The van der Waals surface area contributed by atoms with Gasteiger partial charge in [0.05, 0.1) is 5.41 Å². The third kappa shape index (κ3) is 1.26. The highest BCUT2D eigenvalue weighted by Gasteiger charge is 2.48. The first-order valence-electron chi connectivity index (χ1n) is 4.07. The van der Waals surface area contributed by atoms with Crippen LogP contribution in [0.25, 0.3) is 0 Å². The zero-order chi connectivity index (χ0) is 8.86. The second kappa shape index (κ2) is 1.99. The number of nitrogens with zero attached hydrogens (tertiary/aromatic N) is 1. The number of amides is 1. The molecule has 0 spiro atoms. The number of carbonyl (C=O) groups is 1. The normalized spacial score (nSPS) is 23.4. The fourth-order valence-electron chi connectivity index (χ4n) is 1.35. The lowest BCUT2D eigenvalue weighted by molar-refractivity contribution is -0.164. The van der Waals surface area contributed by atoms with Crippen molar-refractivity contribution in [2.24, 2.45) is 5.41 Å². The van der Waals surface area contributed by atoms with Gasteiger partial charge >= 0.3 is 0 Å². The second-order valence-electron chi connectivity index (χ2n) is 4.95. The van der Waals surface area contributed by atoms with Gasteiger partial charge in [-0.25, -0.2) is 0 Å². The van der Waals surface area contributed by atoms with E-state index in [1.54, 1.807) is 0 Å². The van der Waals surface area contributed by atoms with Crippen LogP contribution in [0.2, 0.25) is 0 Å². The molecule has 2 heteroatoms. The molecule has 0 aromatic rings. The van der Waals surface area contributed by atoms with Crippen LogP contribution in [0.3, 0.4) is 0 Å². The summed E-state index contributed by atoms with van der Waals surface area (Å²) in [6.45, 7) is 11.1. The largest absolute Gasteiger partial charge is 0.336 e. The molecule has 1 saturated heterocycles. The van der Waals surface area contributed by atoms with Crippen LogP contribution >= 0.6 is 0 Å². The van der Waals surface area contributed by atoms with Crippen LogP contribution in [-0.2, 0) is 4.79 Å². The summed E-state index contributed by atoms with van der Waals surface area (Å²) in [7, 11) is 0. The van der Waals surface area contributed by atoms with Crippen molar-refractivity contribution in [2.75, 3.05) is 6.54 Å². The van der Waals surface area contributed by atoms with E-state index in [0.29, 0.717) is 0 Å². The third-order valence-corrected chi connectivity index (χ3v) is 2.19. The van der Waals surface area contributed by atoms with Gasteiger partial charge in [0.25, 0.3) is 0 Å². The average Bonchev–Trinajstić information content (AvgIpc) is 1.80. The summed E-state index contributed by atoms with van der Waals surface area (Å²) in [5, 5.41) is 0. The van der Waals surface area contributed by atoms with E-state index in [-0.39, 0.29) is 16.9 Å². The molecule has 0 aromatic carbocycles. The van der Waals surface area contributed by atoms with Gasteiger partial charge in [-0.1, -0.05) is 0 Å². The van der Waals surface area contributed by atoms with E-state index in [9.17, 15) is 4.79 Å². The molecule has 64 valence electrons. The highest BCUT2D eigenvalue weighted by molar-refractivity contribution is 5.88. The van der Waals surface area contributed by atoms with Gasteiger partial charge in [-0.2, -0.15) is 0 Å². The smallest absolute Gasteiger partial charge is 0.230 e. The van der Waals surface area contributed by atoms with Crippen LogP contribution < -0.4 is 0 Å². The predicted molar refractivity (Wildman–Crippen MR) is 45.2 cm³/mol. The minimum atomic E-state index is -0.104. The molecule has 1 rings (SSSR count). The fourth-order valence-corrected chi connectivity index (χ4v) is 1.35. The van der Waals surface area contributed by atoms with Crippen LogP contribution in [-0.4, -0.2) is 22.9 Å². The van der Waals surface area contributed by atoms with Crippen molar-refractivity contribution < 1.29 is 4.79 Å². The molecule has 0 atom stereocenters. The highest BCUT2D eigenvalue weighted by atomic mass is 16.2. The van der Waals surface area contributed by atoms with E-state index in [1.807, 2.05) is 18.7 Å². The monoisotopic (exact) mass is 155 g/mol. The molecule has 1 aliphatic heterocycles. The van der Waals surface area contributed by atoms with Gasteiger partial charge in [-0.05, 0) is 34.6 Å². The molecule has 0 radical (unpaired) electrons. The molecule has 1 fully saturated rings. The van der Waals surface area contributed by atoms with Gasteiger partial charge in [0.1, 0.15) is 0 Å². The molecule has 11 heavy (non-hydrogen) atoms. The maximum Gasteiger partial charge on any atom is 0.230 e. The Morgan fingerprint density at radius 2 is 1.82 bits per heavy atom. The van der Waals surface area contributed by atoms with Gasteiger partial charge in [0, 0.05) is 12.1 Å². The fraction of sp³-hybridized carbons (Fsp3) is 0.889. The van der Waals surface area contributed by atoms with E-state index < -0.39 is 0 Å². The lowest BCUT2D eigenvalue weighted by atomic mass is 9.80. The number of hydrogen-bond acceptors (Lipinski definition) is 1. The SMILES string of the molecule is CC1(C)CN(C(C)(C)C)C1=O. The van der Waals surface area contributed by atoms with Crippen molar-refractivity contribution in [3.05, 3.63) is 0 Å². The number of carbonyl (C=O) groups excluding carboxylic acids is 1. The Hall–Kier alpha value is -0.530. The van der Waals surface area contributed by atoms with Crippen LogP contribution in [0.4, 0.5) is 0 Å². The highest BCUT2D eigenvalue weighted by Crippen LogP contribution is 2.35. The summed E-state index contributed by atoms with van der Waals surface area (Å²) in [6, 6.07) is 0. The number of likely N-dealkylation sites (tertiary alicyclic amines) is 1. The number of hydrogen-bond donors (Lipinski definition) is 0. The van der Waals surface area contributed by atoms with Crippen molar-refractivity contribution in [2.45, 2.75) is 40.2 Å². The molecular weight excluding hydrogens is 138 g/mol. The zero-order valence-corrected chi connectivity index (χ0v) is 8.06. The topological polar surface area (TPSA) is 20.3 Å². The summed E-state index contributed by atoms with van der Waals surface area (Å²) in [5.41, 5.74) is -0.0973. The van der Waals surface area contributed by atoms with E-state index in [1.165, 1.54) is 0 Å². The van der Waals surface area contributed by atoms with E-state index in [4.69, 9.17) is 0 Å². The number of β-lactam (4-membered cyclic amide) rings is 1. The molecular formula is C9H17NO. The van der Waals surface area contributed by atoms with Gasteiger partial charge in [0.2, 0.25) is 5.91 Å². The maximum absolute atomic E-state index is 11.5. The van der Waals surface area contributed by atoms with Crippen LogP contribution in [0.15, 0.2) is 0 Å². The average molecular weight is 155 g/mol. The minimum absolute atomic E-state index is 0.00655. The second-order valence-corrected chi connectivity index (χ2v) is 4.95. The molecule has 0 aromatic heterocycles. The quantitative estimate of drug-likeness (QED) is 0.487. The number of rotatable bonds is 0. The molecule has 0 aliphatic carbocycles. The lowest BCUT2D eigenvalue weighted by Gasteiger charge is -2.51. The maximum atomic E-state index is 11.5. The Bertz CT molecular complexity index is 188. The Morgan fingerprint density at radius 3 is 1.91 bits per heavy atom. The molecule has 0 N–H and O–H groups in total. The molecule has 1 amide bonds. The first-order valence-corrected chi connectivity index (χ1v) is 4.07. The van der Waals surface area contributed by atoms with E-state index in [2.05, 4.69) is 20.8 Å². The van der Waals surface area contributed by atoms with Gasteiger partial charge < -0.3 is 4.90 Å². The van der Waals surface area contributed by atoms with Crippen molar-refractivity contribution in [3.8, 4) is 0 Å². The Balaban J connectivity index is 2.67. The molecule has 1 heterocycles. The Labute approximate surface area is 68.6 Å². The zero-order valence-electron chi connectivity index (χ0n) is 8.06. The molecule has 0 bridgehead atoms. The molecule has 0 saturated carbocycles. The van der Waals surface area contributed by atoms with E-state index in [0.717, 1.165) is 6.54 Å². The van der Waals surface area contributed by atoms with Crippen molar-refractivity contribution in [1.29, 1.82) is 0 Å².